The van der Waals surface area contributed by atoms with Crippen LogP contribution in [0.25, 0.3) is 10.8 Å². The lowest BCUT2D eigenvalue weighted by Crippen LogP contribution is -2.12. The lowest BCUT2D eigenvalue weighted by atomic mass is 10.0. The number of fused-ring (bicyclic) bond motifs is 1. The van der Waals surface area contributed by atoms with Crippen molar-refractivity contribution in [2.75, 3.05) is 0 Å². The normalized spacial score (nSPS) is 10.7. The van der Waals surface area contributed by atoms with Gasteiger partial charge in [-0.3, -0.25) is 0 Å². The minimum absolute atomic E-state index is 0.692. The van der Waals surface area contributed by atoms with Crippen molar-refractivity contribution in [2.45, 2.75) is 13.1 Å². The van der Waals surface area contributed by atoms with Crippen molar-refractivity contribution in [1.29, 1.82) is 5.26 Å². The van der Waals surface area contributed by atoms with Gasteiger partial charge in [0.25, 0.3) is 0 Å². The number of aryl methyl sites for hydroxylation is 1. The van der Waals surface area contributed by atoms with E-state index in [2.05, 4.69) is 53.9 Å². The number of nitrogens with zero attached hydrogens (tertiary/aromatic N) is 2. The molecule has 104 valence electrons. The molecule has 0 spiro atoms. The second-order valence-corrected chi connectivity index (χ2v) is 5.20. The van der Waals surface area contributed by atoms with Gasteiger partial charge in [-0.05, 0) is 28.0 Å². The predicted octanol–water partition coefficient (Wildman–Crippen LogP) is 3.34. The van der Waals surface area contributed by atoms with Gasteiger partial charge in [0, 0.05) is 26.3 Å². The molecular weight excluding hydrogens is 258 g/mol. The van der Waals surface area contributed by atoms with E-state index in [1.807, 2.05) is 23.9 Å². The van der Waals surface area contributed by atoms with Crippen LogP contribution in [0.5, 0.6) is 0 Å². The number of aromatic nitrogens is 1. The number of benzene rings is 2. The van der Waals surface area contributed by atoms with E-state index in [0.29, 0.717) is 5.69 Å². The van der Waals surface area contributed by atoms with Crippen molar-refractivity contribution >= 4 is 10.8 Å². The molecular formula is C18H17N3. The molecule has 0 atom stereocenters. The van der Waals surface area contributed by atoms with Crippen LogP contribution in [0.2, 0.25) is 0 Å². The third-order valence-electron chi connectivity index (χ3n) is 3.70. The number of nitriles is 1. The van der Waals surface area contributed by atoms with Crippen LogP contribution in [0.1, 0.15) is 16.8 Å². The molecule has 1 aromatic heterocycles. The molecule has 3 rings (SSSR count). The third kappa shape index (κ3) is 2.81. The lowest BCUT2D eigenvalue weighted by Gasteiger charge is -2.07. The Morgan fingerprint density at radius 2 is 1.90 bits per heavy atom. The van der Waals surface area contributed by atoms with Gasteiger partial charge in [0.05, 0.1) is 0 Å². The zero-order chi connectivity index (χ0) is 14.7. The highest BCUT2D eigenvalue weighted by molar-refractivity contribution is 5.85. The van der Waals surface area contributed by atoms with Crippen LogP contribution in [-0.2, 0) is 20.1 Å². The summed E-state index contributed by atoms with van der Waals surface area (Å²) >= 11 is 0. The minimum Gasteiger partial charge on any atom is -0.342 e. The zero-order valence-electron chi connectivity index (χ0n) is 12.0. The summed E-state index contributed by atoms with van der Waals surface area (Å²) < 4.78 is 1.86. The van der Waals surface area contributed by atoms with Crippen LogP contribution in [0, 0.1) is 11.3 Å². The van der Waals surface area contributed by atoms with Gasteiger partial charge in [0.2, 0.25) is 0 Å². The zero-order valence-corrected chi connectivity index (χ0v) is 12.0. The summed E-state index contributed by atoms with van der Waals surface area (Å²) in [4.78, 5) is 0. The Morgan fingerprint density at radius 1 is 1.10 bits per heavy atom. The molecule has 0 unspecified atom stereocenters. The second-order valence-electron chi connectivity index (χ2n) is 5.20. The summed E-state index contributed by atoms with van der Waals surface area (Å²) in [6.07, 6.45) is 1.99. The van der Waals surface area contributed by atoms with E-state index < -0.39 is 0 Å². The van der Waals surface area contributed by atoms with Crippen molar-refractivity contribution in [1.82, 2.24) is 9.88 Å². The molecule has 0 fully saturated rings. The number of rotatable bonds is 4. The Hall–Kier alpha value is -2.57. The second kappa shape index (κ2) is 5.82. The van der Waals surface area contributed by atoms with E-state index in [1.54, 1.807) is 0 Å². The molecule has 0 saturated heterocycles. The fourth-order valence-electron chi connectivity index (χ4n) is 2.63. The maximum absolute atomic E-state index is 8.96. The number of hydrogen-bond acceptors (Lipinski definition) is 2. The predicted molar refractivity (Wildman–Crippen MR) is 84.6 cm³/mol. The Morgan fingerprint density at radius 3 is 2.71 bits per heavy atom. The molecule has 3 nitrogen and oxygen atoms in total. The maximum Gasteiger partial charge on any atom is 0.120 e. The molecule has 0 saturated carbocycles. The Bertz CT molecular complexity index is 803. The Labute approximate surface area is 124 Å². The largest absolute Gasteiger partial charge is 0.342 e. The van der Waals surface area contributed by atoms with Crippen LogP contribution < -0.4 is 5.32 Å². The summed E-state index contributed by atoms with van der Waals surface area (Å²) in [5.74, 6) is 0. The average Bonchev–Trinajstić information content (AvgIpc) is 2.87. The molecule has 2 aromatic carbocycles. The summed E-state index contributed by atoms with van der Waals surface area (Å²) in [6.45, 7) is 1.58. The fraction of sp³-hybridized carbons (Fsp3) is 0.167. The molecule has 1 N–H and O–H groups in total. The van der Waals surface area contributed by atoms with Gasteiger partial charge < -0.3 is 9.88 Å². The highest BCUT2D eigenvalue weighted by atomic mass is 14.9. The SMILES string of the molecule is Cn1cc(CNCc2cccc3ccccc23)cc1C#N. The van der Waals surface area contributed by atoms with Gasteiger partial charge >= 0.3 is 0 Å². The molecule has 0 radical (unpaired) electrons. The highest BCUT2D eigenvalue weighted by Gasteiger charge is 2.03. The van der Waals surface area contributed by atoms with Crippen molar-refractivity contribution in [3.05, 3.63) is 71.5 Å². The van der Waals surface area contributed by atoms with Gasteiger partial charge in [-0.15, -0.1) is 0 Å². The van der Waals surface area contributed by atoms with Crippen LogP contribution in [0.3, 0.4) is 0 Å². The van der Waals surface area contributed by atoms with Gasteiger partial charge in [0.1, 0.15) is 11.8 Å². The molecule has 0 aliphatic carbocycles. The van der Waals surface area contributed by atoms with E-state index >= 15 is 0 Å². The van der Waals surface area contributed by atoms with E-state index in [9.17, 15) is 0 Å². The first-order chi connectivity index (χ1) is 10.3. The smallest absolute Gasteiger partial charge is 0.120 e. The molecule has 0 aliphatic heterocycles. The topological polar surface area (TPSA) is 40.8 Å². The first kappa shape index (κ1) is 13.4. The van der Waals surface area contributed by atoms with Crippen molar-refractivity contribution in [3.63, 3.8) is 0 Å². The van der Waals surface area contributed by atoms with Crippen molar-refractivity contribution in [3.8, 4) is 6.07 Å². The molecule has 1 heterocycles. The van der Waals surface area contributed by atoms with Crippen LogP contribution in [-0.4, -0.2) is 4.57 Å². The summed E-state index contributed by atoms with van der Waals surface area (Å²) in [5.41, 5.74) is 3.12. The quantitative estimate of drug-likeness (QED) is 0.793. The number of nitrogens with one attached hydrogen (secondary N) is 1. The van der Waals surface area contributed by atoms with E-state index in [0.717, 1.165) is 18.7 Å². The minimum atomic E-state index is 0.692. The first-order valence-electron chi connectivity index (χ1n) is 7.00. The third-order valence-corrected chi connectivity index (χ3v) is 3.70. The van der Waals surface area contributed by atoms with Gasteiger partial charge in [-0.25, -0.2) is 0 Å². The van der Waals surface area contributed by atoms with Crippen LogP contribution >= 0.6 is 0 Å². The molecule has 3 heteroatoms. The Kier molecular flexibility index (Phi) is 3.72. The van der Waals surface area contributed by atoms with E-state index in [-0.39, 0.29) is 0 Å². The highest BCUT2D eigenvalue weighted by Crippen LogP contribution is 2.18. The summed E-state index contributed by atoms with van der Waals surface area (Å²) in [7, 11) is 1.90. The molecule has 3 aromatic rings. The monoisotopic (exact) mass is 275 g/mol. The van der Waals surface area contributed by atoms with Gasteiger partial charge in [-0.2, -0.15) is 5.26 Å². The Balaban J connectivity index is 1.71. The first-order valence-corrected chi connectivity index (χ1v) is 7.00. The average molecular weight is 275 g/mol. The van der Waals surface area contributed by atoms with Crippen LogP contribution in [0.4, 0.5) is 0 Å². The van der Waals surface area contributed by atoms with E-state index in [1.165, 1.54) is 16.3 Å². The standard InChI is InChI=1S/C18H17N3/c1-21-13-14(9-17(21)10-19)11-20-12-16-7-4-6-15-5-2-3-8-18(15)16/h2-9,13,20H,11-12H2,1H3. The molecule has 0 bridgehead atoms. The van der Waals surface area contributed by atoms with Crippen molar-refractivity contribution in [2.24, 2.45) is 7.05 Å². The van der Waals surface area contributed by atoms with E-state index in [4.69, 9.17) is 5.26 Å². The molecule has 21 heavy (non-hydrogen) atoms. The fourth-order valence-corrected chi connectivity index (χ4v) is 2.63. The van der Waals surface area contributed by atoms with Gasteiger partial charge in [-0.1, -0.05) is 42.5 Å². The maximum atomic E-state index is 8.96. The van der Waals surface area contributed by atoms with Gasteiger partial charge in [0.15, 0.2) is 0 Å². The molecule has 0 amide bonds. The lowest BCUT2D eigenvalue weighted by molar-refractivity contribution is 0.695. The molecule has 0 aliphatic rings. The number of hydrogen-bond donors (Lipinski definition) is 1. The van der Waals surface area contributed by atoms with Crippen LogP contribution in [0.15, 0.2) is 54.7 Å². The van der Waals surface area contributed by atoms with Crippen molar-refractivity contribution < 1.29 is 0 Å². The summed E-state index contributed by atoms with van der Waals surface area (Å²) in [6, 6.07) is 18.9. The summed E-state index contributed by atoms with van der Waals surface area (Å²) in [5, 5.41) is 15.0.